The van der Waals surface area contributed by atoms with Crippen LogP contribution in [0.15, 0.2) is 29.1 Å². The molecule has 2 heteroatoms. The summed E-state index contributed by atoms with van der Waals surface area (Å²) in [5.74, 6) is 0. The Kier molecular flexibility index (Phi) is 2.96. The molecular weight excluding hydrogens is 139 g/mol. The second-order valence-corrected chi connectivity index (χ2v) is 0.793. The van der Waals surface area contributed by atoms with Crippen LogP contribution in [0.3, 0.4) is 0 Å². The molecular formula is C4H4AsO. The minimum atomic E-state index is 0. The van der Waals surface area contributed by atoms with Gasteiger partial charge in [-0.1, -0.05) is 0 Å². The molecule has 0 aromatic carbocycles. The maximum Gasteiger partial charge on any atom is 0.0902 e. The molecule has 0 aliphatic rings. The van der Waals surface area contributed by atoms with E-state index in [2.05, 4.69) is 4.42 Å². The zero-order chi connectivity index (χ0) is 3.54. The van der Waals surface area contributed by atoms with Crippen molar-refractivity contribution in [2.24, 2.45) is 0 Å². The van der Waals surface area contributed by atoms with E-state index in [9.17, 15) is 0 Å². The summed E-state index contributed by atoms with van der Waals surface area (Å²) in [7, 11) is 0. The molecule has 3 radical (unpaired) electrons. The SMILES string of the molecule is [As].c1ccoc1. The normalized spacial score (nSPS) is 6.67. The molecule has 0 spiro atoms. The number of furan rings is 1. The summed E-state index contributed by atoms with van der Waals surface area (Å²) in [6, 6.07) is 3.67. The van der Waals surface area contributed by atoms with Crippen LogP contribution in [-0.4, -0.2) is 18.0 Å². The van der Waals surface area contributed by atoms with Gasteiger partial charge in [0.15, 0.2) is 0 Å². The van der Waals surface area contributed by atoms with Crippen molar-refractivity contribution in [2.75, 3.05) is 0 Å². The Morgan fingerprint density at radius 2 is 1.50 bits per heavy atom. The van der Waals surface area contributed by atoms with Gasteiger partial charge in [0.1, 0.15) is 0 Å². The van der Waals surface area contributed by atoms with E-state index in [0.29, 0.717) is 0 Å². The van der Waals surface area contributed by atoms with Gasteiger partial charge in [0, 0.05) is 18.0 Å². The van der Waals surface area contributed by atoms with E-state index < -0.39 is 0 Å². The molecule has 1 nitrogen and oxygen atoms in total. The quantitative estimate of drug-likeness (QED) is 0.491. The molecule has 0 saturated carbocycles. The molecule has 0 N–H and O–H groups in total. The molecule has 31 valence electrons. The predicted molar refractivity (Wildman–Crippen MR) is 24.5 cm³/mol. The number of hydrogen-bond donors (Lipinski definition) is 0. The minimum absolute atomic E-state index is 0. The maximum atomic E-state index is 4.58. The summed E-state index contributed by atoms with van der Waals surface area (Å²) >= 11 is 0. The molecule has 0 atom stereocenters. The average Bonchev–Trinajstić information content (AvgIpc) is 1.76. The summed E-state index contributed by atoms with van der Waals surface area (Å²) < 4.78 is 4.58. The second-order valence-electron chi connectivity index (χ2n) is 0.793. The first-order valence-corrected chi connectivity index (χ1v) is 1.47. The van der Waals surface area contributed by atoms with Crippen LogP contribution in [0, 0.1) is 0 Å². The summed E-state index contributed by atoms with van der Waals surface area (Å²) in [4.78, 5) is 0. The molecule has 0 aliphatic heterocycles. The van der Waals surface area contributed by atoms with Crippen molar-refractivity contribution in [3.63, 3.8) is 0 Å². The summed E-state index contributed by atoms with van der Waals surface area (Å²) in [5.41, 5.74) is 0. The molecule has 6 heavy (non-hydrogen) atoms. The molecule has 0 unspecified atom stereocenters. The smallest absolute Gasteiger partial charge is 0.0902 e. The van der Waals surface area contributed by atoms with Crippen molar-refractivity contribution in [3.8, 4) is 0 Å². The summed E-state index contributed by atoms with van der Waals surface area (Å²) in [5, 5.41) is 0. The Labute approximate surface area is 47.7 Å². The zero-order valence-electron chi connectivity index (χ0n) is 3.16. The third-order valence-corrected chi connectivity index (χ3v) is 0.425. The van der Waals surface area contributed by atoms with E-state index >= 15 is 0 Å². The summed E-state index contributed by atoms with van der Waals surface area (Å²) in [6.07, 6.45) is 3.25. The van der Waals surface area contributed by atoms with Gasteiger partial charge in [0.25, 0.3) is 0 Å². The zero-order valence-corrected chi connectivity index (χ0v) is 5.04. The van der Waals surface area contributed by atoms with E-state index in [1.54, 1.807) is 12.5 Å². The molecule has 1 heterocycles. The van der Waals surface area contributed by atoms with Crippen molar-refractivity contribution in [1.29, 1.82) is 0 Å². The van der Waals surface area contributed by atoms with Crippen LogP contribution in [0.5, 0.6) is 0 Å². The molecule has 0 bridgehead atoms. The van der Waals surface area contributed by atoms with Gasteiger partial charge in [0.2, 0.25) is 0 Å². The van der Waals surface area contributed by atoms with Gasteiger partial charge in [0.05, 0.1) is 12.5 Å². The first kappa shape index (κ1) is 5.84. The van der Waals surface area contributed by atoms with Gasteiger partial charge < -0.3 is 4.42 Å². The van der Waals surface area contributed by atoms with Crippen LogP contribution in [0.1, 0.15) is 0 Å². The Morgan fingerprint density at radius 3 is 1.67 bits per heavy atom. The molecule has 0 saturated heterocycles. The van der Waals surface area contributed by atoms with Crippen molar-refractivity contribution in [2.45, 2.75) is 0 Å². The van der Waals surface area contributed by atoms with Crippen molar-refractivity contribution in [3.05, 3.63) is 24.7 Å². The van der Waals surface area contributed by atoms with Gasteiger partial charge >= 0.3 is 0 Å². The van der Waals surface area contributed by atoms with E-state index in [4.69, 9.17) is 0 Å². The van der Waals surface area contributed by atoms with Gasteiger partial charge in [-0.15, -0.1) is 0 Å². The molecule has 0 aliphatic carbocycles. The molecule has 0 amide bonds. The predicted octanol–water partition coefficient (Wildman–Crippen LogP) is 0.899. The topological polar surface area (TPSA) is 13.1 Å². The van der Waals surface area contributed by atoms with E-state index in [1.807, 2.05) is 12.1 Å². The van der Waals surface area contributed by atoms with Crippen molar-refractivity contribution < 1.29 is 4.42 Å². The second kappa shape index (κ2) is 3.05. The third-order valence-electron chi connectivity index (χ3n) is 0.425. The van der Waals surface area contributed by atoms with Gasteiger partial charge in [-0.05, 0) is 12.1 Å². The largest absolute Gasteiger partial charge is 0.473 e. The van der Waals surface area contributed by atoms with Crippen LogP contribution >= 0.6 is 0 Å². The number of hydrogen-bond acceptors (Lipinski definition) is 1. The molecule has 1 aromatic heterocycles. The third kappa shape index (κ3) is 1.32. The van der Waals surface area contributed by atoms with Gasteiger partial charge in [-0.3, -0.25) is 0 Å². The van der Waals surface area contributed by atoms with Gasteiger partial charge in [-0.2, -0.15) is 0 Å². The fraction of sp³-hybridized carbons (Fsp3) is 0. The standard InChI is InChI=1S/C4H4O.As/c1-2-4-5-3-1;/h1-4H;. The Bertz CT molecular complexity index is 64.0. The van der Waals surface area contributed by atoms with Crippen molar-refractivity contribution in [1.82, 2.24) is 0 Å². The van der Waals surface area contributed by atoms with Crippen LogP contribution in [0.2, 0.25) is 0 Å². The van der Waals surface area contributed by atoms with Crippen LogP contribution in [-0.2, 0) is 0 Å². The van der Waals surface area contributed by atoms with E-state index in [0.717, 1.165) is 0 Å². The van der Waals surface area contributed by atoms with E-state index in [1.165, 1.54) is 0 Å². The number of rotatable bonds is 0. The fourth-order valence-corrected chi connectivity index (χ4v) is 0.227. The van der Waals surface area contributed by atoms with Crippen LogP contribution in [0.4, 0.5) is 0 Å². The minimum Gasteiger partial charge on any atom is -0.473 e. The molecule has 1 aromatic rings. The van der Waals surface area contributed by atoms with Gasteiger partial charge in [-0.25, -0.2) is 0 Å². The Balaban J connectivity index is 0.000000250. The van der Waals surface area contributed by atoms with E-state index in [-0.39, 0.29) is 18.0 Å². The fourth-order valence-electron chi connectivity index (χ4n) is 0.227. The Morgan fingerprint density at radius 1 is 1.00 bits per heavy atom. The monoisotopic (exact) mass is 143 g/mol. The average molecular weight is 143 g/mol. The molecule has 1 rings (SSSR count). The molecule has 0 fully saturated rings. The first-order valence-electron chi connectivity index (χ1n) is 1.47. The first-order chi connectivity index (χ1) is 2.50. The maximum absolute atomic E-state index is 4.58. The Hall–Kier alpha value is -0.162. The summed E-state index contributed by atoms with van der Waals surface area (Å²) in [6.45, 7) is 0. The van der Waals surface area contributed by atoms with Crippen LogP contribution in [0.25, 0.3) is 0 Å². The van der Waals surface area contributed by atoms with Crippen LogP contribution < -0.4 is 0 Å². The van der Waals surface area contributed by atoms with Crippen molar-refractivity contribution >= 4 is 18.0 Å².